The predicted molar refractivity (Wildman–Crippen MR) is 139 cm³/mol. The van der Waals surface area contributed by atoms with Gasteiger partial charge in [0.25, 0.3) is 5.56 Å². The van der Waals surface area contributed by atoms with Crippen LogP contribution in [0, 0.1) is 6.92 Å². The van der Waals surface area contributed by atoms with E-state index in [1.807, 2.05) is 66.9 Å². The fraction of sp³-hybridized carbons (Fsp3) is 0.308. The number of aryl methyl sites for hydroxylation is 2. The van der Waals surface area contributed by atoms with Gasteiger partial charge in [0.2, 0.25) is 5.82 Å². The summed E-state index contributed by atoms with van der Waals surface area (Å²) in [5, 5.41) is 14.4. The molecule has 0 aliphatic rings. The van der Waals surface area contributed by atoms with E-state index in [0.29, 0.717) is 35.9 Å². The highest BCUT2D eigenvalue weighted by molar-refractivity contribution is 5.80. The van der Waals surface area contributed by atoms with Crippen molar-refractivity contribution >= 4 is 11.2 Å². The number of hydrogen-bond acceptors (Lipinski definition) is 7. The summed E-state index contributed by atoms with van der Waals surface area (Å²) >= 11 is 0. The molecule has 0 bridgehead atoms. The maximum Gasteiger partial charge on any atom is 0.332 e. The third-order valence-electron chi connectivity index (χ3n) is 6.39. The van der Waals surface area contributed by atoms with Crippen LogP contribution in [0.5, 0.6) is 0 Å². The van der Waals surface area contributed by atoms with Crippen molar-refractivity contribution in [2.45, 2.75) is 39.9 Å². The first-order chi connectivity index (χ1) is 18.0. The number of aromatic amines is 1. The van der Waals surface area contributed by atoms with Gasteiger partial charge in [0.1, 0.15) is 5.82 Å². The van der Waals surface area contributed by atoms with Crippen LogP contribution in [0.15, 0.2) is 58.1 Å². The van der Waals surface area contributed by atoms with Crippen LogP contribution in [0.4, 0.5) is 0 Å². The summed E-state index contributed by atoms with van der Waals surface area (Å²) in [4.78, 5) is 31.1. The average molecular weight is 501 g/mol. The Morgan fingerprint density at radius 3 is 2.38 bits per heavy atom. The van der Waals surface area contributed by atoms with Crippen LogP contribution in [-0.2, 0) is 24.4 Å². The molecule has 0 radical (unpaired) electrons. The normalized spacial score (nSPS) is 11.4. The van der Waals surface area contributed by atoms with Crippen molar-refractivity contribution in [3.63, 3.8) is 0 Å². The van der Waals surface area contributed by atoms with Gasteiger partial charge in [-0.15, -0.1) is 10.2 Å². The maximum absolute atomic E-state index is 13.4. The molecule has 0 amide bonds. The maximum atomic E-state index is 13.4. The van der Waals surface area contributed by atoms with Crippen molar-refractivity contribution in [3.8, 4) is 22.5 Å². The number of rotatable bonds is 9. The van der Waals surface area contributed by atoms with Crippen LogP contribution in [0.25, 0.3) is 33.7 Å². The molecule has 37 heavy (non-hydrogen) atoms. The van der Waals surface area contributed by atoms with Gasteiger partial charge in [-0.1, -0.05) is 55.5 Å². The number of methoxy groups -OCH3 is 1. The summed E-state index contributed by atoms with van der Waals surface area (Å²) in [7, 11) is 1.55. The summed E-state index contributed by atoms with van der Waals surface area (Å²) in [6.07, 6.45) is 0.746. The lowest BCUT2D eigenvalue weighted by Gasteiger charge is -2.13. The third-order valence-corrected chi connectivity index (χ3v) is 6.39. The van der Waals surface area contributed by atoms with Crippen molar-refractivity contribution in [1.82, 2.24) is 39.3 Å². The number of tetrazole rings is 1. The molecule has 0 unspecified atom stereocenters. The van der Waals surface area contributed by atoms with Gasteiger partial charge in [0.15, 0.2) is 11.2 Å². The van der Waals surface area contributed by atoms with Crippen LogP contribution < -0.4 is 11.2 Å². The Labute approximate surface area is 212 Å². The summed E-state index contributed by atoms with van der Waals surface area (Å²) in [5.74, 6) is 1.20. The van der Waals surface area contributed by atoms with E-state index >= 15 is 0 Å². The van der Waals surface area contributed by atoms with E-state index in [-0.39, 0.29) is 24.4 Å². The van der Waals surface area contributed by atoms with Crippen LogP contribution in [0.1, 0.15) is 24.7 Å². The Kier molecular flexibility index (Phi) is 6.78. The van der Waals surface area contributed by atoms with E-state index in [1.165, 1.54) is 4.57 Å². The molecule has 5 aromatic rings. The Morgan fingerprint density at radius 1 is 0.946 bits per heavy atom. The minimum atomic E-state index is -0.356. The first-order valence-electron chi connectivity index (χ1n) is 12.1. The van der Waals surface area contributed by atoms with Gasteiger partial charge in [0.05, 0.1) is 13.2 Å². The van der Waals surface area contributed by atoms with E-state index in [4.69, 9.17) is 4.74 Å². The van der Waals surface area contributed by atoms with Gasteiger partial charge in [-0.05, 0) is 35.2 Å². The molecule has 0 fully saturated rings. The largest absolute Gasteiger partial charge is 0.383 e. The number of nitrogens with one attached hydrogen (secondary N) is 1. The lowest BCUT2D eigenvalue weighted by molar-refractivity contribution is 0.184. The monoisotopic (exact) mass is 500 g/mol. The quantitative estimate of drug-likeness (QED) is 0.330. The molecule has 0 atom stereocenters. The summed E-state index contributed by atoms with van der Waals surface area (Å²) in [6.45, 7) is 5.23. The molecule has 3 heterocycles. The zero-order valence-corrected chi connectivity index (χ0v) is 21.0. The first-order valence-corrected chi connectivity index (χ1v) is 12.1. The Balaban J connectivity index is 1.54. The van der Waals surface area contributed by atoms with Crippen molar-refractivity contribution in [2.75, 3.05) is 13.7 Å². The minimum absolute atomic E-state index is 0.187. The fourth-order valence-electron chi connectivity index (χ4n) is 4.58. The second kappa shape index (κ2) is 10.3. The second-order valence-electron chi connectivity index (χ2n) is 8.78. The number of benzene rings is 2. The van der Waals surface area contributed by atoms with E-state index in [0.717, 1.165) is 28.7 Å². The van der Waals surface area contributed by atoms with Crippen LogP contribution in [0.2, 0.25) is 0 Å². The Hall–Kier alpha value is -4.38. The number of H-pyrrole nitrogens is 1. The van der Waals surface area contributed by atoms with Gasteiger partial charge in [-0.25, -0.2) is 9.78 Å². The molecule has 0 spiro atoms. The lowest BCUT2D eigenvalue weighted by Crippen LogP contribution is -2.41. The molecule has 5 rings (SSSR count). The van der Waals surface area contributed by atoms with Gasteiger partial charge >= 0.3 is 5.69 Å². The summed E-state index contributed by atoms with van der Waals surface area (Å²) in [5.41, 5.74) is 4.02. The molecule has 0 saturated carbocycles. The van der Waals surface area contributed by atoms with Gasteiger partial charge in [-0.2, -0.15) is 5.21 Å². The predicted octanol–water partition coefficient (Wildman–Crippen LogP) is 2.62. The third kappa shape index (κ3) is 4.49. The zero-order valence-electron chi connectivity index (χ0n) is 21.0. The standard InChI is InChI=1S/C26H28N8O3/c1-4-13-32-24-22(25(35)33(26(32)36)14-15-37-3)34(17(2)27-24)16-18-9-11-19(12-10-18)20-7-5-6-8-21(20)23-28-30-31-29-23/h5-12H,4,13-16H2,1-3H3,(H,28,29,30,31). The summed E-state index contributed by atoms with van der Waals surface area (Å²) < 4.78 is 9.86. The second-order valence-corrected chi connectivity index (χ2v) is 8.78. The number of aromatic nitrogens is 8. The molecule has 11 nitrogen and oxygen atoms in total. The molecular weight excluding hydrogens is 472 g/mol. The number of ether oxygens (including phenoxy) is 1. The number of imidazole rings is 1. The van der Waals surface area contributed by atoms with Crippen molar-refractivity contribution < 1.29 is 4.74 Å². The highest BCUT2D eigenvalue weighted by Crippen LogP contribution is 2.30. The molecule has 0 aliphatic carbocycles. The zero-order chi connectivity index (χ0) is 25.9. The SMILES string of the molecule is CCCn1c(=O)n(CCOC)c(=O)c2c1nc(C)n2Cc1ccc(-c2ccccc2-c2nn[nH]n2)cc1. The van der Waals surface area contributed by atoms with Crippen molar-refractivity contribution in [1.29, 1.82) is 0 Å². The van der Waals surface area contributed by atoms with Gasteiger partial charge in [-0.3, -0.25) is 13.9 Å². The molecule has 0 saturated heterocycles. The highest BCUT2D eigenvalue weighted by Gasteiger charge is 2.20. The fourth-order valence-corrected chi connectivity index (χ4v) is 4.58. The molecule has 1 N–H and O–H groups in total. The number of fused-ring (bicyclic) bond motifs is 1. The topological polar surface area (TPSA) is 126 Å². The van der Waals surface area contributed by atoms with Crippen LogP contribution in [-0.4, -0.2) is 53.0 Å². The average Bonchev–Trinajstić information content (AvgIpc) is 3.56. The lowest BCUT2D eigenvalue weighted by atomic mass is 9.98. The molecule has 3 aromatic heterocycles. The molecule has 2 aromatic carbocycles. The number of hydrogen-bond donors (Lipinski definition) is 1. The molecule has 190 valence electrons. The van der Waals surface area contributed by atoms with E-state index in [2.05, 4.69) is 25.6 Å². The van der Waals surface area contributed by atoms with Crippen LogP contribution >= 0.6 is 0 Å². The first kappa shape index (κ1) is 24.3. The van der Waals surface area contributed by atoms with Gasteiger partial charge < -0.3 is 9.30 Å². The highest BCUT2D eigenvalue weighted by atomic mass is 16.5. The molecule has 0 aliphatic heterocycles. The molecular formula is C26H28N8O3. The van der Waals surface area contributed by atoms with E-state index in [9.17, 15) is 9.59 Å². The Bertz CT molecular complexity index is 1650. The smallest absolute Gasteiger partial charge is 0.332 e. The van der Waals surface area contributed by atoms with Crippen LogP contribution in [0.3, 0.4) is 0 Å². The van der Waals surface area contributed by atoms with E-state index < -0.39 is 0 Å². The van der Waals surface area contributed by atoms with Gasteiger partial charge in [0, 0.05) is 25.8 Å². The van der Waals surface area contributed by atoms with E-state index in [1.54, 1.807) is 11.7 Å². The Morgan fingerprint density at radius 2 is 1.70 bits per heavy atom. The molecule has 11 heteroatoms. The van der Waals surface area contributed by atoms with Crippen molar-refractivity contribution in [2.24, 2.45) is 0 Å². The number of nitrogens with zero attached hydrogens (tertiary/aromatic N) is 7. The summed E-state index contributed by atoms with van der Waals surface area (Å²) in [6, 6.07) is 16.0. The minimum Gasteiger partial charge on any atom is -0.383 e. The van der Waals surface area contributed by atoms with Crippen molar-refractivity contribution in [3.05, 3.63) is 80.8 Å².